The fourth-order valence-corrected chi connectivity index (χ4v) is 2.61. The van der Waals surface area contributed by atoms with E-state index in [9.17, 15) is 4.79 Å². The van der Waals surface area contributed by atoms with Gasteiger partial charge in [0.25, 0.3) is 0 Å². The average Bonchev–Trinajstić information content (AvgIpc) is 2.69. The van der Waals surface area contributed by atoms with Crippen molar-refractivity contribution in [2.75, 3.05) is 0 Å². The normalized spacial score (nSPS) is 21.5. The van der Waals surface area contributed by atoms with Crippen LogP contribution in [0.1, 0.15) is 58.8 Å². The van der Waals surface area contributed by atoms with E-state index < -0.39 is 0 Å². The largest absolute Gasteiger partial charge is 0.321 e. The van der Waals surface area contributed by atoms with Crippen LogP contribution in [0.15, 0.2) is 0 Å². The summed E-state index contributed by atoms with van der Waals surface area (Å²) in [5.41, 5.74) is 5.80. The minimum absolute atomic E-state index is 0.128. The molecule has 0 heterocycles. The zero-order valence-electron chi connectivity index (χ0n) is 10.2. The second-order valence-corrected chi connectivity index (χ2v) is 5.20. The van der Waals surface area contributed by atoms with E-state index in [4.69, 9.17) is 5.73 Å². The van der Waals surface area contributed by atoms with E-state index in [-0.39, 0.29) is 11.8 Å². The molecule has 0 aromatic heterocycles. The Morgan fingerprint density at radius 1 is 1.40 bits per heavy atom. The molecule has 2 N–H and O–H groups in total. The molecule has 0 unspecified atom stereocenters. The molecule has 0 amide bonds. The highest BCUT2D eigenvalue weighted by Gasteiger charge is 2.18. The summed E-state index contributed by atoms with van der Waals surface area (Å²) < 4.78 is 0. The third-order valence-corrected chi connectivity index (χ3v) is 3.83. The highest BCUT2D eigenvalue weighted by atomic mass is 16.1. The van der Waals surface area contributed by atoms with E-state index in [0.29, 0.717) is 5.92 Å². The molecule has 2 heteroatoms. The van der Waals surface area contributed by atoms with Gasteiger partial charge in [0.15, 0.2) is 0 Å². The van der Waals surface area contributed by atoms with E-state index in [2.05, 4.69) is 6.92 Å². The smallest absolute Gasteiger partial charge is 0.146 e. The molecular formula is C13H25NO. The number of carbonyl (C=O) groups excluding carboxylic acids is 1. The molecule has 2 nitrogen and oxygen atoms in total. The second kappa shape index (κ2) is 6.26. The van der Waals surface area contributed by atoms with Gasteiger partial charge >= 0.3 is 0 Å². The summed E-state index contributed by atoms with van der Waals surface area (Å²) in [4.78, 5) is 11.1. The summed E-state index contributed by atoms with van der Waals surface area (Å²) in [5.74, 6) is 1.44. The summed E-state index contributed by atoms with van der Waals surface area (Å²) in [6.45, 7) is 3.69. The summed E-state index contributed by atoms with van der Waals surface area (Å²) in [7, 11) is 0. The van der Waals surface area contributed by atoms with Crippen molar-refractivity contribution in [3.63, 3.8) is 0 Å². The van der Waals surface area contributed by atoms with Crippen LogP contribution < -0.4 is 5.73 Å². The first-order valence-corrected chi connectivity index (χ1v) is 6.37. The van der Waals surface area contributed by atoms with E-state index >= 15 is 0 Å². The molecule has 0 spiro atoms. The van der Waals surface area contributed by atoms with Gasteiger partial charge in [0.1, 0.15) is 5.78 Å². The fraction of sp³-hybridized carbons (Fsp3) is 0.923. The molecule has 0 aliphatic heterocycles. The van der Waals surface area contributed by atoms with E-state index in [1.807, 2.05) is 0 Å². The van der Waals surface area contributed by atoms with E-state index in [0.717, 1.165) is 12.3 Å². The topological polar surface area (TPSA) is 43.1 Å². The molecule has 1 aliphatic carbocycles. The molecule has 1 saturated carbocycles. The van der Waals surface area contributed by atoms with Crippen LogP contribution in [0.3, 0.4) is 0 Å². The lowest BCUT2D eigenvalue weighted by Crippen LogP contribution is -2.35. The maximum atomic E-state index is 11.1. The predicted octanol–water partition coefficient (Wildman–Crippen LogP) is 2.90. The maximum absolute atomic E-state index is 11.1. The molecule has 15 heavy (non-hydrogen) atoms. The first-order valence-electron chi connectivity index (χ1n) is 6.37. The van der Waals surface area contributed by atoms with Gasteiger partial charge in [-0.1, -0.05) is 45.4 Å². The summed E-state index contributed by atoms with van der Waals surface area (Å²) >= 11 is 0. The summed E-state index contributed by atoms with van der Waals surface area (Å²) in [6.07, 6.45) is 9.39. The number of hydrogen-bond donors (Lipinski definition) is 1. The molecule has 1 aliphatic rings. The molecule has 1 fully saturated rings. The van der Waals surface area contributed by atoms with Crippen LogP contribution >= 0.6 is 0 Å². The lowest BCUT2D eigenvalue weighted by Gasteiger charge is -2.17. The Hall–Kier alpha value is -0.370. The quantitative estimate of drug-likeness (QED) is 0.734. The molecule has 88 valence electrons. The monoisotopic (exact) mass is 211 g/mol. The highest BCUT2D eigenvalue weighted by Crippen LogP contribution is 2.29. The molecule has 0 aromatic carbocycles. The zero-order valence-corrected chi connectivity index (χ0v) is 10.2. The van der Waals surface area contributed by atoms with Gasteiger partial charge in [0.2, 0.25) is 0 Å². The van der Waals surface area contributed by atoms with Gasteiger partial charge < -0.3 is 5.73 Å². The third-order valence-electron chi connectivity index (χ3n) is 3.83. The first-order chi connectivity index (χ1) is 7.11. The predicted molar refractivity (Wildman–Crippen MR) is 63.6 cm³/mol. The molecule has 0 bridgehead atoms. The van der Waals surface area contributed by atoms with Crippen molar-refractivity contribution in [1.82, 2.24) is 0 Å². The van der Waals surface area contributed by atoms with Gasteiger partial charge in [-0.05, 0) is 25.2 Å². The minimum Gasteiger partial charge on any atom is -0.321 e. The number of ketones is 1. The van der Waals surface area contributed by atoms with Crippen molar-refractivity contribution in [1.29, 1.82) is 0 Å². The van der Waals surface area contributed by atoms with Crippen molar-refractivity contribution >= 4 is 5.78 Å². The minimum atomic E-state index is -0.242. The number of rotatable bonds is 6. The van der Waals surface area contributed by atoms with Crippen LogP contribution in [-0.2, 0) is 4.79 Å². The first kappa shape index (κ1) is 12.7. The van der Waals surface area contributed by atoms with Gasteiger partial charge in [0, 0.05) is 0 Å². The van der Waals surface area contributed by atoms with Crippen LogP contribution in [0.25, 0.3) is 0 Å². The summed E-state index contributed by atoms with van der Waals surface area (Å²) in [6, 6.07) is -0.242. The van der Waals surface area contributed by atoms with Crippen LogP contribution in [0.2, 0.25) is 0 Å². The summed E-state index contributed by atoms with van der Waals surface area (Å²) in [5, 5.41) is 0. The Balaban J connectivity index is 2.10. The highest BCUT2D eigenvalue weighted by molar-refractivity contribution is 5.81. The standard InChI is InChI=1S/C13H25NO/c1-10(13(14)11(2)15)6-5-9-12-7-3-4-8-12/h10,12-13H,3-9,14H2,1-2H3/t10-,13-/m1/s1. The van der Waals surface area contributed by atoms with E-state index in [1.165, 1.54) is 38.5 Å². The zero-order chi connectivity index (χ0) is 11.3. The van der Waals surface area contributed by atoms with E-state index in [1.54, 1.807) is 6.92 Å². The van der Waals surface area contributed by atoms with Gasteiger partial charge in [0.05, 0.1) is 6.04 Å². The third kappa shape index (κ3) is 4.33. The van der Waals surface area contributed by atoms with Gasteiger partial charge in [-0.25, -0.2) is 0 Å². The molecule has 0 radical (unpaired) electrons. The van der Waals surface area contributed by atoms with Crippen molar-refractivity contribution in [2.24, 2.45) is 17.6 Å². The van der Waals surface area contributed by atoms with Crippen molar-refractivity contribution in [2.45, 2.75) is 64.8 Å². The van der Waals surface area contributed by atoms with Crippen molar-refractivity contribution in [3.05, 3.63) is 0 Å². The Labute approximate surface area is 93.6 Å². The Kier molecular flexibility index (Phi) is 5.30. The average molecular weight is 211 g/mol. The molecular weight excluding hydrogens is 186 g/mol. The second-order valence-electron chi connectivity index (χ2n) is 5.20. The molecule has 1 rings (SSSR count). The molecule has 2 atom stereocenters. The molecule has 0 saturated heterocycles. The van der Waals surface area contributed by atoms with Crippen LogP contribution in [0.4, 0.5) is 0 Å². The van der Waals surface area contributed by atoms with Crippen molar-refractivity contribution < 1.29 is 4.79 Å². The van der Waals surface area contributed by atoms with Crippen molar-refractivity contribution in [3.8, 4) is 0 Å². The maximum Gasteiger partial charge on any atom is 0.146 e. The van der Waals surface area contributed by atoms with Gasteiger partial charge in [-0.3, -0.25) is 4.79 Å². The Morgan fingerprint density at radius 2 is 2.00 bits per heavy atom. The fourth-order valence-electron chi connectivity index (χ4n) is 2.61. The van der Waals surface area contributed by atoms with Crippen LogP contribution in [0, 0.1) is 11.8 Å². The SMILES string of the molecule is CC(=O)[C@H](N)[C@H](C)CCCC1CCCC1. The number of Topliss-reactive ketones (excluding diaryl/α,β-unsaturated/α-hetero) is 1. The van der Waals surface area contributed by atoms with Gasteiger partial charge in [-0.2, -0.15) is 0 Å². The van der Waals surface area contributed by atoms with Crippen LogP contribution in [0.5, 0.6) is 0 Å². The Morgan fingerprint density at radius 3 is 2.53 bits per heavy atom. The lowest BCUT2D eigenvalue weighted by atomic mass is 9.91. The Bertz CT molecular complexity index is 197. The number of nitrogens with two attached hydrogens (primary N) is 1. The number of carbonyl (C=O) groups is 1. The molecule has 0 aromatic rings. The lowest BCUT2D eigenvalue weighted by molar-refractivity contribution is -0.119. The number of hydrogen-bond acceptors (Lipinski definition) is 2. The van der Waals surface area contributed by atoms with Gasteiger partial charge in [-0.15, -0.1) is 0 Å². The van der Waals surface area contributed by atoms with Crippen LogP contribution in [-0.4, -0.2) is 11.8 Å².